The molecule has 0 saturated carbocycles. The van der Waals surface area contributed by atoms with E-state index in [1.54, 1.807) is 18.2 Å². The maximum atomic E-state index is 12.7. The fourth-order valence-electron chi connectivity index (χ4n) is 2.58. The van der Waals surface area contributed by atoms with E-state index in [0.717, 1.165) is 22.6 Å². The van der Waals surface area contributed by atoms with E-state index in [1.807, 2.05) is 24.3 Å². The Morgan fingerprint density at radius 2 is 1.57 bits per heavy atom. The molecule has 0 atom stereocenters. The zero-order chi connectivity index (χ0) is 20.4. The zero-order valence-electron chi connectivity index (χ0n) is 14.7. The average molecular weight is 423 g/mol. The van der Waals surface area contributed by atoms with Crippen molar-refractivity contribution in [3.8, 4) is 11.1 Å². The van der Waals surface area contributed by atoms with Crippen LogP contribution < -0.4 is 4.72 Å². The Labute approximate surface area is 165 Å². The molecule has 0 heterocycles. The molecule has 0 aliphatic rings. The minimum absolute atomic E-state index is 0.141. The average Bonchev–Trinajstić information content (AvgIpc) is 2.68. The molecule has 0 unspecified atom stereocenters. The minimum Gasteiger partial charge on any atom is -0.214 e. The van der Waals surface area contributed by atoms with Crippen LogP contribution in [-0.2, 0) is 16.2 Å². The summed E-state index contributed by atoms with van der Waals surface area (Å²) in [5, 5.41) is 0. The van der Waals surface area contributed by atoms with Gasteiger partial charge in [-0.3, -0.25) is 0 Å². The molecule has 8 heteroatoms. The molecule has 0 amide bonds. The number of hydrogen-bond donors (Lipinski definition) is 1. The Bertz CT molecular complexity index is 1080. The molecule has 0 bridgehead atoms. The number of hydrogen-bond acceptors (Lipinski definition) is 3. The van der Waals surface area contributed by atoms with Crippen LogP contribution in [0.5, 0.6) is 0 Å². The maximum absolute atomic E-state index is 12.7. The van der Waals surface area contributed by atoms with E-state index in [2.05, 4.69) is 4.72 Å². The Morgan fingerprint density at radius 3 is 2.21 bits per heavy atom. The summed E-state index contributed by atoms with van der Waals surface area (Å²) in [6.45, 7) is 0. The van der Waals surface area contributed by atoms with Crippen molar-refractivity contribution in [3.63, 3.8) is 0 Å². The topological polar surface area (TPSA) is 46.2 Å². The molecule has 0 aromatic heterocycles. The van der Waals surface area contributed by atoms with Gasteiger partial charge in [0.1, 0.15) is 0 Å². The number of benzene rings is 3. The molecule has 0 spiro atoms. The second-order valence-corrected chi connectivity index (χ2v) is 8.86. The lowest BCUT2D eigenvalue weighted by molar-refractivity contribution is -0.137. The Hall–Kier alpha value is -2.29. The van der Waals surface area contributed by atoms with Gasteiger partial charge in [-0.15, -0.1) is 0 Å². The molecule has 0 aliphatic heterocycles. The maximum Gasteiger partial charge on any atom is 0.416 e. The first-order valence-corrected chi connectivity index (χ1v) is 10.5. The lowest BCUT2D eigenvalue weighted by atomic mass is 10.1. The van der Waals surface area contributed by atoms with Gasteiger partial charge in [0.15, 0.2) is 0 Å². The molecule has 0 saturated heterocycles. The van der Waals surface area contributed by atoms with Crippen molar-refractivity contribution in [1.29, 1.82) is 0 Å². The molecule has 146 valence electrons. The predicted molar refractivity (Wildman–Crippen MR) is 104 cm³/mol. The minimum atomic E-state index is -4.37. The highest BCUT2D eigenvalue weighted by molar-refractivity contribution is 7.99. The highest BCUT2D eigenvalue weighted by Crippen LogP contribution is 2.38. The highest BCUT2D eigenvalue weighted by Gasteiger charge is 2.30. The molecule has 3 nitrogen and oxygen atoms in total. The smallest absolute Gasteiger partial charge is 0.214 e. The van der Waals surface area contributed by atoms with Crippen molar-refractivity contribution in [2.75, 3.05) is 7.05 Å². The Kier molecular flexibility index (Phi) is 5.83. The van der Waals surface area contributed by atoms with E-state index in [0.29, 0.717) is 10.5 Å². The lowest BCUT2D eigenvalue weighted by Crippen LogP contribution is -2.18. The van der Waals surface area contributed by atoms with Crippen molar-refractivity contribution in [3.05, 3.63) is 78.4 Å². The van der Waals surface area contributed by atoms with Crippen LogP contribution in [0, 0.1) is 0 Å². The standard InChI is InChI=1S/C20H16F3NO2S2/c1-24-28(25,26)17-6-4-5-14(13-17)18-7-2-3-8-19(18)27-16-11-9-15(10-12-16)20(21,22)23/h2-13,24H,1H3. The number of nitrogens with one attached hydrogen (secondary N) is 1. The largest absolute Gasteiger partial charge is 0.416 e. The van der Waals surface area contributed by atoms with E-state index in [1.165, 1.54) is 37.0 Å². The number of alkyl halides is 3. The van der Waals surface area contributed by atoms with Crippen LogP contribution >= 0.6 is 11.8 Å². The summed E-state index contributed by atoms with van der Waals surface area (Å²) >= 11 is 1.32. The van der Waals surface area contributed by atoms with Crippen molar-refractivity contribution in [1.82, 2.24) is 4.72 Å². The molecule has 3 rings (SSSR count). The summed E-state index contributed by atoms with van der Waals surface area (Å²) in [4.78, 5) is 1.60. The van der Waals surface area contributed by atoms with Crippen LogP contribution in [0.1, 0.15) is 5.56 Å². The third-order valence-corrected chi connectivity index (χ3v) is 6.52. The van der Waals surface area contributed by atoms with Crippen LogP contribution in [0.25, 0.3) is 11.1 Å². The van der Waals surface area contributed by atoms with Gasteiger partial charge < -0.3 is 0 Å². The van der Waals surface area contributed by atoms with Crippen molar-refractivity contribution >= 4 is 21.8 Å². The van der Waals surface area contributed by atoms with E-state index >= 15 is 0 Å². The van der Waals surface area contributed by atoms with E-state index < -0.39 is 21.8 Å². The first-order valence-electron chi connectivity index (χ1n) is 8.19. The van der Waals surface area contributed by atoms with Crippen LogP contribution in [0.3, 0.4) is 0 Å². The molecule has 28 heavy (non-hydrogen) atoms. The molecule has 0 aliphatic carbocycles. The highest BCUT2D eigenvalue weighted by atomic mass is 32.2. The Morgan fingerprint density at radius 1 is 0.893 bits per heavy atom. The number of sulfonamides is 1. The van der Waals surface area contributed by atoms with Gasteiger partial charge in [-0.1, -0.05) is 42.1 Å². The van der Waals surface area contributed by atoms with Gasteiger partial charge in [0, 0.05) is 9.79 Å². The fraction of sp³-hybridized carbons (Fsp3) is 0.100. The molecular weight excluding hydrogens is 407 g/mol. The van der Waals surface area contributed by atoms with Crippen LogP contribution in [0.2, 0.25) is 0 Å². The fourth-order valence-corrected chi connectivity index (χ4v) is 4.33. The number of halogens is 3. The number of rotatable bonds is 5. The lowest BCUT2D eigenvalue weighted by Gasteiger charge is -2.12. The molecule has 1 N–H and O–H groups in total. The second kappa shape index (κ2) is 7.98. The third-order valence-electron chi connectivity index (χ3n) is 4.02. The van der Waals surface area contributed by atoms with Crippen molar-refractivity contribution in [2.24, 2.45) is 0 Å². The van der Waals surface area contributed by atoms with E-state index in [-0.39, 0.29) is 4.90 Å². The summed E-state index contributed by atoms with van der Waals surface area (Å²) in [5.74, 6) is 0. The quantitative estimate of drug-likeness (QED) is 0.595. The van der Waals surface area contributed by atoms with Crippen molar-refractivity contribution < 1.29 is 21.6 Å². The van der Waals surface area contributed by atoms with Gasteiger partial charge in [0.25, 0.3) is 0 Å². The van der Waals surface area contributed by atoms with Gasteiger partial charge in [0.05, 0.1) is 10.5 Å². The first-order chi connectivity index (χ1) is 13.2. The van der Waals surface area contributed by atoms with Gasteiger partial charge in [-0.2, -0.15) is 13.2 Å². The Balaban J connectivity index is 1.96. The second-order valence-electron chi connectivity index (χ2n) is 5.86. The van der Waals surface area contributed by atoms with Gasteiger partial charge in [-0.25, -0.2) is 13.1 Å². The summed E-state index contributed by atoms with van der Waals surface area (Å²) in [7, 11) is -2.24. The predicted octanol–water partition coefficient (Wildman–Crippen LogP) is 5.43. The summed E-state index contributed by atoms with van der Waals surface area (Å²) in [6.07, 6.45) is -4.37. The molecule has 0 radical (unpaired) electrons. The van der Waals surface area contributed by atoms with Gasteiger partial charge in [-0.05, 0) is 60.6 Å². The SMILES string of the molecule is CNS(=O)(=O)c1cccc(-c2ccccc2Sc2ccc(C(F)(F)F)cc2)c1. The van der Waals surface area contributed by atoms with Crippen molar-refractivity contribution in [2.45, 2.75) is 20.9 Å². The van der Waals surface area contributed by atoms with E-state index in [9.17, 15) is 21.6 Å². The van der Waals surface area contributed by atoms with Gasteiger partial charge in [0.2, 0.25) is 10.0 Å². The van der Waals surface area contributed by atoms with Gasteiger partial charge >= 0.3 is 6.18 Å². The van der Waals surface area contributed by atoms with Crippen LogP contribution in [0.4, 0.5) is 13.2 Å². The molecule has 3 aromatic carbocycles. The summed E-state index contributed by atoms with van der Waals surface area (Å²) in [6, 6.07) is 18.8. The summed E-state index contributed by atoms with van der Waals surface area (Å²) in [5.41, 5.74) is 0.794. The normalized spacial score (nSPS) is 12.1. The van der Waals surface area contributed by atoms with Crippen LogP contribution in [0.15, 0.2) is 87.5 Å². The van der Waals surface area contributed by atoms with Crippen LogP contribution in [-0.4, -0.2) is 15.5 Å². The third kappa shape index (κ3) is 4.57. The zero-order valence-corrected chi connectivity index (χ0v) is 16.3. The first kappa shape index (κ1) is 20.4. The molecular formula is C20H16F3NO2S2. The monoisotopic (exact) mass is 423 g/mol. The van der Waals surface area contributed by atoms with E-state index in [4.69, 9.17) is 0 Å². The molecule has 0 fully saturated rings. The summed E-state index contributed by atoms with van der Waals surface area (Å²) < 4.78 is 64.6. The molecule has 3 aromatic rings.